The molecule has 0 spiro atoms. The summed E-state index contributed by atoms with van der Waals surface area (Å²) < 4.78 is 0. The maximum Gasteiger partial charge on any atom is 0.303 e. The highest BCUT2D eigenvalue weighted by atomic mass is 16.4. The van der Waals surface area contributed by atoms with E-state index in [0.717, 1.165) is 0 Å². The van der Waals surface area contributed by atoms with E-state index in [9.17, 15) is 4.79 Å². The summed E-state index contributed by atoms with van der Waals surface area (Å²) in [7, 11) is 0. The van der Waals surface area contributed by atoms with Gasteiger partial charge in [-0.1, -0.05) is 12.1 Å². The molecule has 6 nitrogen and oxygen atoms in total. The summed E-state index contributed by atoms with van der Waals surface area (Å²) in [5.74, 6) is -0.0694. The Balaban J connectivity index is 0.000000187. The minimum Gasteiger partial charge on any atom is -0.481 e. The first-order valence-electron chi connectivity index (χ1n) is 3.08. The average molecular weight is 158 g/mol. The van der Waals surface area contributed by atoms with Crippen molar-refractivity contribution in [1.29, 1.82) is 0 Å². The fraction of sp³-hybridized carbons (Fsp3) is 0.600. The molecule has 2 N–H and O–H groups in total. The van der Waals surface area contributed by atoms with Crippen molar-refractivity contribution in [2.75, 3.05) is 0 Å². The van der Waals surface area contributed by atoms with E-state index in [1.165, 1.54) is 0 Å². The molecule has 0 saturated carbocycles. The lowest BCUT2D eigenvalue weighted by atomic mass is 10.5. The normalized spacial score (nSPS) is 8.18. The molecule has 6 heteroatoms. The summed E-state index contributed by atoms with van der Waals surface area (Å²) >= 11 is 0. The summed E-state index contributed by atoms with van der Waals surface area (Å²) in [6.45, 7) is 3.37. The highest BCUT2D eigenvalue weighted by molar-refractivity contribution is 5.66. The van der Waals surface area contributed by atoms with Crippen molar-refractivity contribution < 1.29 is 9.90 Å². The van der Waals surface area contributed by atoms with Crippen LogP contribution < -0.4 is 0 Å². The van der Waals surface area contributed by atoms with Crippen molar-refractivity contribution in [1.82, 2.24) is 20.6 Å². The molecule has 1 rings (SSSR count). The molecule has 1 heterocycles. The van der Waals surface area contributed by atoms with E-state index in [4.69, 9.17) is 5.11 Å². The molecule has 62 valence electrons. The summed E-state index contributed by atoms with van der Waals surface area (Å²) in [5.41, 5.74) is 0. The summed E-state index contributed by atoms with van der Waals surface area (Å²) in [6, 6.07) is 0. The molecule has 0 bridgehead atoms. The largest absolute Gasteiger partial charge is 0.481 e. The van der Waals surface area contributed by atoms with Crippen LogP contribution in [0.25, 0.3) is 0 Å². The highest BCUT2D eigenvalue weighted by Crippen LogP contribution is 1.69. The third-order valence-electron chi connectivity index (χ3n) is 0.754. The lowest BCUT2D eigenvalue weighted by molar-refractivity contribution is -0.136. The van der Waals surface area contributed by atoms with Crippen LogP contribution in [0.4, 0.5) is 0 Å². The number of aromatic nitrogens is 4. The Morgan fingerprint density at radius 3 is 2.36 bits per heavy atom. The van der Waals surface area contributed by atoms with Gasteiger partial charge in [-0.15, -0.1) is 10.2 Å². The Hall–Kier alpha value is -1.46. The standard InChI is InChI=1S/C3H6O2.C2H4N4/c1-2-3(4)5;1-2-3-5-6-4-2/h2H2,1H3,(H,4,5);1H3,(H,3,4,5,6). The molecule has 0 aliphatic rings. The van der Waals surface area contributed by atoms with Crippen LogP contribution in [0.1, 0.15) is 19.2 Å². The van der Waals surface area contributed by atoms with E-state index in [0.29, 0.717) is 5.82 Å². The third kappa shape index (κ3) is 6.42. The van der Waals surface area contributed by atoms with Crippen LogP contribution >= 0.6 is 0 Å². The summed E-state index contributed by atoms with van der Waals surface area (Å²) in [4.78, 5) is 9.37. The number of aliphatic carboxylic acids is 1. The molecular weight excluding hydrogens is 148 g/mol. The van der Waals surface area contributed by atoms with Crippen molar-refractivity contribution in [3.05, 3.63) is 5.82 Å². The van der Waals surface area contributed by atoms with Crippen LogP contribution in [-0.2, 0) is 4.79 Å². The lowest BCUT2D eigenvalue weighted by Crippen LogP contribution is -1.86. The van der Waals surface area contributed by atoms with Gasteiger partial charge in [-0.2, -0.15) is 5.21 Å². The van der Waals surface area contributed by atoms with Crippen molar-refractivity contribution in [3.8, 4) is 0 Å². The lowest BCUT2D eigenvalue weighted by Gasteiger charge is -1.71. The van der Waals surface area contributed by atoms with Crippen LogP contribution in [0.15, 0.2) is 0 Å². The molecule has 1 aromatic rings. The molecule has 0 fully saturated rings. The third-order valence-corrected chi connectivity index (χ3v) is 0.754. The zero-order chi connectivity index (χ0) is 8.69. The van der Waals surface area contributed by atoms with E-state index >= 15 is 0 Å². The van der Waals surface area contributed by atoms with Gasteiger partial charge in [0.25, 0.3) is 0 Å². The number of carboxylic acid groups (broad SMARTS) is 1. The number of rotatable bonds is 1. The Labute approximate surface area is 63.6 Å². The number of hydrogen-bond donors (Lipinski definition) is 2. The van der Waals surface area contributed by atoms with Gasteiger partial charge in [-0.05, 0) is 6.92 Å². The first kappa shape index (κ1) is 9.54. The smallest absolute Gasteiger partial charge is 0.303 e. The quantitative estimate of drug-likeness (QED) is 0.599. The van der Waals surface area contributed by atoms with Gasteiger partial charge in [0, 0.05) is 6.42 Å². The first-order valence-corrected chi connectivity index (χ1v) is 3.08. The van der Waals surface area contributed by atoms with Crippen LogP contribution in [0, 0.1) is 6.92 Å². The predicted molar refractivity (Wildman–Crippen MR) is 36.8 cm³/mol. The predicted octanol–water partition coefficient (Wildman–Crippen LogP) is -0.0109. The highest BCUT2D eigenvalue weighted by Gasteiger charge is 1.80. The Morgan fingerprint density at radius 1 is 1.73 bits per heavy atom. The van der Waals surface area contributed by atoms with Gasteiger partial charge in [-0.3, -0.25) is 4.79 Å². The van der Waals surface area contributed by atoms with Gasteiger partial charge in [0.05, 0.1) is 0 Å². The molecule has 11 heavy (non-hydrogen) atoms. The number of H-pyrrole nitrogens is 1. The molecule has 1 aromatic heterocycles. The maximum absolute atomic E-state index is 9.37. The second kappa shape index (κ2) is 5.33. The van der Waals surface area contributed by atoms with Crippen molar-refractivity contribution in [2.24, 2.45) is 0 Å². The molecule has 0 amide bonds. The molecule has 0 atom stereocenters. The van der Waals surface area contributed by atoms with Gasteiger partial charge < -0.3 is 5.11 Å². The fourth-order valence-corrected chi connectivity index (χ4v) is 0.212. The topological polar surface area (TPSA) is 91.8 Å². The molecule has 0 saturated heterocycles. The number of carboxylic acids is 1. The van der Waals surface area contributed by atoms with Gasteiger partial charge in [0.1, 0.15) is 0 Å². The van der Waals surface area contributed by atoms with Gasteiger partial charge in [0.2, 0.25) is 0 Å². The zero-order valence-corrected chi connectivity index (χ0v) is 6.40. The van der Waals surface area contributed by atoms with Crippen LogP contribution in [0.5, 0.6) is 0 Å². The molecule has 0 aliphatic heterocycles. The number of nitrogens with zero attached hydrogens (tertiary/aromatic N) is 3. The SMILES string of the molecule is CCC(=O)O.Cc1nn[nH]n1. The monoisotopic (exact) mass is 158 g/mol. The van der Waals surface area contributed by atoms with Crippen molar-refractivity contribution in [3.63, 3.8) is 0 Å². The molecule has 0 aromatic carbocycles. The minimum absolute atomic E-state index is 0.222. The van der Waals surface area contributed by atoms with E-state index in [1.807, 2.05) is 0 Å². The first-order chi connectivity index (χ1) is 5.16. The second-order valence-corrected chi connectivity index (χ2v) is 1.71. The van der Waals surface area contributed by atoms with E-state index in [-0.39, 0.29) is 6.42 Å². The zero-order valence-electron chi connectivity index (χ0n) is 6.40. The Kier molecular flexibility index (Phi) is 4.63. The van der Waals surface area contributed by atoms with Gasteiger partial charge in [0.15, 0.2) is 5.82 Å². The van der Waals surface area contributed by atoms with E-state index < -0.39 is 5.97 Å². The van der Waals surface area contributed by atoms with Crippen molar-refractivity contribution in [2.45, 2.75) is 20.3 Å². The number of carbonyl (C=O) groups is 1. The van der Waals surface area contributed by atoms with E-state index in [2.05, 4.69) is 20.6 Å². The molecule has 0 unspecified atom stereocenters. The van der Waals surface area contributed by atoms with E-state index in [1.54, 1.807) is 13.8 Å². The summed E-state index contributed by atoms with van der Waals surface area (Å²) in [6.07, 6.45) is 0.222. The van der Waals surface area contributed by atoms with Crippen LogP contribution in [-0.4, -0.2) is 31.7 Å². The van der Waals surface area contributed by atoms with Crippen molar-refractivity contribution >= 4 is 5.97 Å². The number of aryl methyl sites for hydroxylation is 1. The Morgan fingerprint density at radius 2 is 2.27 bits per heavy atom. The van der Waals surface area contributed by atoms with Gasteiger partial charge >= 0.3 is 5.97 Å². The molecule has 0 aliphatic carbocycles. The molecular formula is C5H10N4O2. The number of hydrogen-bond acceptors (Lipinski definition) is 4. The van der Waals surface area contributed by atoms with Crippen LogP contribution in [0.3, 0.4) is 0 Å². The second-order valence-electron chi connectivity index (χ2n) is 1.71. The minimum atomic E-state index is -0.745. The Bertz CT molecular complexity index is 196. The van der Waals surface area contributed by atoms with Gasteiger partial charge in [-0.25, -0.2) is 0 Å². The number of tetrazole rings is 1. The number of nitrogens with one attached hydrogen (secondary N) is 1. The average Bonchev–Trinajstić information content (AvgIpc) is 2.41. The fourth-order valence-electron chi connectivity index (χ4n) is 0.212. The number of aromatic amines is 1. The van der Waals surface area contributed by atoms with Crippen LogP contribution in [0.2, 0.25) is 0 Å². The summed E-state index contributed by atoms with van der Waals surface area (Å²) in [5, 5.41) is 20.4. The molecule has 0 radical (unpaired) electrons. The maximum atomic E-state index is 9.37.